The number of hydrogen-bond acceptors (Lipinski definition) is 2. The lowest BCUT2D eigenvalue weighted by atomic mass is 9.98. The predicted octanol–water partition coefficient (Wildman–Crippen LogP) is 15.8. The number of anilines is 3. The molecule has 0 aliphatic rings. The molecule has 0 radical (unpaired) electrons. The van der Waals surface area contributed by atoms with Gasteiger partial charge in [-0.1, -0.05) is 158 Å². The Kier molecular flexibility index (Phi) is 7.54. The van der Waals surface area contributed by atoms with Crippen molar-refractivity contribution in [2.45, 2.75) is 0 Å². The van der Waals surface area contributed by atoms with E-state index in [1.807, 2.05) is 0 Å². The lowest BCUT2D eigenvalue weighted by Crippen LogP contribution is -2.11. The summed E-state index contributed by atoms with van der Waals surface area (Å²) in [4.78, 5) is 2.42. The summed E-state index contributed by atoms with van der Waals surface area (Å²) in [5, 5.41) is 9.44. The monoisotopic (exact) mass is 752 g/mol. The largest absolute Gasteiger partial charge is 0.455 e. The van der Waals surface area contributed by atoms with Crippen LogP contribution in [-0.4, -0.2) is 4.57 Å². The lowest BCUT2D eigenvalue weighted by molar-refractivity contribution is 0.672. The number of furan rings is 1. The minimum absolute atomic E-state index is 0.889. The van der Waals surface area contributed by atoms with Crippen molar-refractivity contribution in [2.24, 2.45) is 0 Å². The normalized spacial score (nSPS) is 11.7. The minimum Gasteiger partial charge on any atom is -0.455 e. The van der Waals surface area contributed by atoms with Crippen LogP contribution in [0.3, 0.4) is 0 Å². The first-order chi connectivity index (χ1) is 29.3. The van der Waals surface area contributed by atoms with Crippen molar-refractivity contribution in [3.63, 3.8) is 0 Å². The highest BCUT2D eigenvalue weighted by Gasteiger charge is 2.21. The van der Waals surface area contributed by atoms with Crippen LogP contribution < -0.4 is 4.90 Å². The van der Waals surface area contributed by atoms with E-state index in [1.54, 1.807) is 0 Å². The van der Waals surface area contributed by atoms with Crippen molar-refractivity contribution < 1.29 is 4.42 Å². The Bertz CT molecular complexity index is 3510. The summed E-state index contributed by atoms with van der Waals surface area (Å²) >= 11 is 0. The molecule has 0 fully saturated rings. The smallest absolute Gasteiger partial charge is 0.143 e. The zero-order valence-electron chi connectivity index (χ0n) is 32.1. The van der Waals surface area contributed by atoms with Gasteiger partial charge in [0.1, 0.15) is 11.2 Å². The molecule has 12 aromatic rings. The molecule has 0 atom stereocenters. The van der Waals surface area contributed by atoms with E-state index in [4.69, 9.17) is 4.42 Å². The highest BCUT2D eigenvalue weighted by atomic mass is 16.3. The van der Waals surface area contributed by atoms with E-state index in [-0.39, 0.29) is 0 Å². The molecule has 0 unspecified atom stereocenters. The lowest BCUT2D eigenvalue weighted by Gasteiger charge is -2.29. The number of benzene rings is 10. The van der Waals surface area contributed by atoms with E-state index in [9.17, 15) is 0 Å². The highest BCUT2D eigenvalue weighted by molar-refractivity contribution is 6.16. The second-order valence-electron chi connectivity index (χ2n) is 15.3. The van der Waals surface area contributed by atoms with E-state index >= 15 is 0 Å². The zero-order chi connectivity index (χ0) is 38.9. The third-order valence-corrected chi connectivity index (χ3v) is 12.0. The highest BCUT2D eigenvalue weighted by Crippen LogP contribution is 2.45. The summed E-state index contributed by atoms with van der Waals surface area (Å²) < 4.78 is 8.94. The number of para-hydroxylation sites is 4. The fourth-order valence-corrected chi connectivity index (χ4v) is 9.28. The summed E-state index contributed by atoms with van der Waals surface area (Å²) in [5.74, 6) is 0. The molecule has 0 saturated carbocycles. The van der Waals surface area contributed by atoms with Crippen LogP contribution in [0.2, 0.25) is 0 Å². The predicted molar refractivity (Wildman–Crippen MR) is 249 cm³/mol. The van der Waals surface area contributed by atoms with Gasteiger partial charge >= 0.3 is 0 Å². The Morgan fingerprint density at radius 3 is 1.71 bits per heavy atom. The van der Waals surface area contributed by atoms with Crippen molar-refractivity contribution in [3.05, 3.63) is 218 Å². The van der Waals surface area contributed by atoms with Crippen molar-refractivity contribution in [3.8, 4) is 27.9 Å². The summed E-state index contributed by atoms with van der Waals surface area (Å²) in [6, 6.07) is 78.8. The summed E-state index contributed by atoms with van der Waals surface area (Å²) in [5.41, 5.74) is 13.3. The van der Waals surface area contributed by atoms with Gasteiger partial charge in [-0.15, -0.1) is 0 Å². The van der Waals surface area contributed by atoms with Gasteiger partial charge in [-0.2, -0.15) is 0 Å². The maximum Gasteiger partial charge on any atom is 0.143 e. The number of aromatic nitrogens is 1. The maximum atomic E-state index is 6.53. The van der Waals surface area contributed by atoms with E-state index in [1.165, 1.54) is 43.5 Å². The molecule has 0 saturated heterocycles. The van der Waals surface area contributed by atoms with Crippen molar-refractivity contribution in [1.82, 2.24) is 4.57 Å². The Morgan fingerprint density at radius 2 is 0.932 bits per heavy atom. The molecule has 0 aliphatic heterocycles. The molecule has 0 aliphatic carbocycles. The van der Waals surface area contributed by atoms with Crippen LogP contribution >= 0.6 is 0 Å². The summed E-state index contributed by atoms with van der Waals surface area (Å²) in [6.45, 7) is 0. The Balaban J connectivity index is 1.03. The van der Waals surface area contributed by atoms with E-state index in [0.717, 1.165) is 66.8 Å². The average molecular weight is 753 g/mol. The molecule has 12 rings (SSSR count). The molecule has 2 heterocycles. The van der Waals surface area contributed by atoms with Gasteiger partial charge in [0, 0.05) is 49.1 Å². The summed E-state index contributed by atoms with van der Waals surface area (Å²) in [6.07, 6.45) is 0. The molecular weight excluding hydrogens is 717 g/mol. The van der Waals surface area contributed by atoms with Crippen molar-refractivity contribution in [2.75, 3.05) is 4.90 Å². The molecule has 0 amide bonds. The standard InChI is InChI=1S/C56H36N2O/c1-3-17-42-37(14-1)16-13-27-51(42)57(50-23-9-6-19-44(50)40-31-35-55-49(36-40)48-34-30-38-15-2-4-20-45(38)56(48)59-55)41-32-28-39(29-33-41)43-18-5-10-24-52(43)58-53-25-11-7-21-46(53)47-22-8-12-26-54(47)58/h1-36H. The molecule has 59 heavy (non-hydrogen) atoms. The van der Waals surface area contributed by atoms with Crippen LogP contribution in [0.1, 0.15) is 0 Å². The van der Waals surface area contributed by atoms with Gasteiger partial charge in [0.15, 0.2) is 0 Å². The second kappa shape index (κ2) is 13.4. The van der Waals surface area contributed by atoms with Crippen LogP contribution in [0.15, 0.2) is 223 Å². The van der Waals surface area contributed by atoms with Crippen molar-refractivity contribution in [1.29, 1.82) is 0 Å². The first kappa shape index (κ1) is 33.3. The van der Waals surface area contributed by atoms with E-state index < -0.39 is 0 Å². The molecule has 0 bridgehead atoms. The fraction of sp³-hybridized carbons (Fsp3) is 0. The molecule has 0 spiro atoms. The Hall–Kier alpha value is -7.88. The molecule has 3 heteroatoms. The topological polar surface area (TPSA) is 21.3 Å². The Labute approximate surface area is 341 Å². The van der Waals surface area contributed by atoms with Crippen molar-refractivity contribution >= 4 is 82.4 Å². The molecule has 276 valence electrons. The maximum absolute atomic E-state index is 6.53. The first-order valence-electron chi connectivity index (χ1n) is 20.2. The number of hydrogen-bond donors (Lipinski definition) is 0. The SMILES string of the molecule is c1ccc(N(c2ccc(-c3ccccc3-n3c4ccccc4c4ccccc43)cc2)c2cccc3ccccc23)c(-c2ccc3oc4c5ccccc5ccc4c3c2)c1. The van der Waals surface area contributed by atoms with Gasteiger partial charge in [0.2, 0.25) is 0 Å². The number of fused-ring (bicyclic) bond motifs is 9. The summed E-state index contributed by atoms with van der Waals surface area (Å²) in [7, 11) is 0. The van der Waals surface area contributed by atoms with Crippen LogP contribution in [0, 0.1) is 0 Å². The third kappa shape index (κ3) is 5.29. The molecule has 2 aromatic heterocycles. The first-order valence-corrected chi connectivity index (χ1v) is 20.2. The van der Waals surface area contributed by atoms with E-state index in [0.29, 0.717) is 0 Å². The van der Waals surface area contributed by atoms with Crippen LogP contribution in [-0.2, 0) is 0 Å². The molecule has 3 nitrogen and oxygen atoms in total. The molecule has 10 aromatic carbocycles. The van der Waals surface area contributed by atoms with Gasteiger partial charge in [0.25, 0.3) is 0 Å². The van der Waals surface area contributed by atoms with Gasteiger partial charge in [0.05, 0.1) is 28.1 Å². The minimum atomic E-state index is 0.889. The van der Waals surface area contributed by atoms with E-state index in [2.05, 4.69) is 228 Å². The zero-order valence-corrected chi connectivity index (χ0v) is 32.1. The van der Waals surface area contributed by atoms with Crippen LogP contribution in [0.25, 0.3) is 93.2 Å². The number of rotatable bonds is 6. The molecular formula is C56H36N2O. The second-order valence-corrected chi connectivity index (χ2v) is 15.3. The van der Waals surface area contributed by atoms with Gasteiger partial charge < -0.3 is 13.9 Å². The van der Waals surface area contributed by atoms with Crippen LogP contribution in [0.4, 0.5) is 17.1 Å². The third-order valence-electron chi connectivity index (χ3n) is 12.0. The number of nitrogens with zero attached hydrogens (tertiary/aromatic N) is 2. The quantitative estimate of drug-likeness (QED) is 0.169. The van der Waals surface area contributed by atoms with Crippen LogP contribution in [0.5, 0.6) is 0 Å². The van der Waals surface area contributed by atoms with Gasteiger partial charge in [-0.25, -0.2) is 0 Å². The van der Waals surface area contributed by atoms with Gasteiger partial charge in [-0.05, 0) is 82.6 Å². The fourth-order valence-electron chi connectivity index (χ4n) is 9.28. The molecule has 0 N–H and O–H groups in total. The average Bonchev–Trinajstić information content (AvgIpc) is 3.85. The van der Waals surface area contributed by atoms with Gasteiger partial charge in [-0.3, -0.25) is 0 Å². The Morgan fingerprint density at radius 1 is 0.356 bits per heavy atom.